The number of aliphatic hydroxyl groups is 2. The van der Waals surface area contributed by atoms with Crippen molar-refractivity contribution in [2.24, 2.45) is 5.73 Å². The zero-order valence-electron chi connectivity index (χ0n) is 9.01. The maximum atomic E-state index is 13.1. The molecule has 1 rings (SSSR count). The Labute approximate surface area is 97.3 Å². The van der Waals surface area contributed by atoms with Gasteiger partial charge in [0.2, 0.25) is 0 Å². The number of aliphatic hydroxyl groups excluding tert-OH is 2. The Balaban J connectivity index is 2.99. The van der Waals surface area contributed by atoms with E-state index >= 15 is 0 Å². The summed E-state index contributed by atoms with van der Waals surface area (Å²) in [5.41, 5.74) is 4.83. The first kappa shape index (κ1) is 13.6. The van der Waals surface area contributed by atoms with E-state index in [0.29, 0.717) is 0 Å². The summed E-state index contributed by atoms with van der Waals surface area (Å²) in [5, 5.41) is 27.9. The summed E-state index contributed by atoms with van der Waals surface area (Å²) in [7, 11) is 0. The lowest BCUT2D eigenvalue weighted by atomic mass is 10.00. The monoisotopic (exact) mass is 243 g/mol. The maximum Gasteiger partial charge on any atom is 0.338 e. The highest BCUT2D eigenvalue weighted by Crippen LogP contribution is 2.21. The number of benzene rings is 1. The fraction of sp³-hybridized carbons (Fsp3) is 0.364. The molecule has 0 aliphatic carbocycles. The van der Waals surface area contributed by atoms with E-state index < -0.39 is 29.6 Å². The van der Waals surface area contributed by atoms with E-state index in [1.165, 1.54) is 6.07 Å². The van der Waals surface area contributed by atoms with Crippen molar-refractivity contribution < 1.29 is 24.5 Å². The number of rotatable bonds is 5. The average molecular weight is 243 g/mol. The topological polar surface area (TPSA) is 104 Å². The maximum absolute atomic E-state index is 13.1. The number of halogens is 1. The summed E-state index contributed by atoms with van der Waals surface area (Å²) in [6.45, 7) is 0.186. The minimum Gasteiger partial charge on any atom is -0.478 e. The molecule has 1 aromatic carbocycles. The molecule has 5 N–H and O–H groups in total. The third-order valence-corrected chi connectivity index (χ3v) is 2.39. The fourth-order valence-electron chi connectivity index (χ4n) is 1.44. The van der Waals surface area contributed by atoms with E-state index in [0.717, 1.165) is 12.1 Å². The molecule has 2 unspecified atom stereocenters. The standard InChI is InChI=1S/C11H14FNO4/c12-8-2-1-6(5-7(8)11(16)17)10(15)9(14)3-4-13/h1-2,5,9-10,14-15H,3-4,13H2,(H,16,17). The van der Waals surface area contributed by atoms with Gasteiger partial charge in [-0.2, -0.15) is 0 Å². The van der Waals surface area contributed by atoms with Crippen molar-refractivity contribution in [3.8, 4) is 0 Å². The summed E-state index contributed by atoms with van der Waals surface area (Å²) in [4.78, 5) is 10.7. The Bertz CT molecular complexity index is 410. The molecule has 0 saturated carbocycles. The van der Waals surface area contributed by atoms with Gasteiger partial charge in [0.25, 0.3) is 0 Å². The Morgan fingerprint density at radius 3 is 2.59 bits per heavy atom. The van der Waals surface area contributed by atoms with E-state index in [4.69, 9.17) is 10.8 Å². The summed E-state index contributed by atoms with van der Waals surface area (Å²) in [6.07, 6.45) is -2.22. The van der Waals surface area contributed by atoms with Gasteiger partial charge in [-0.15, -0.1) is 0 Å². The first-order valence-corrected chi connectivity index (χ1v) is 5.06. The van der Waals surface area contributed by atoms with Gasteiger partial charge in [0.05, 0.1) is 11.7 Å². The third kappa shape index (κ3) is 3.23. The molecule has 1 aromatic rings. The van der Waals surface area contributed by atoms with Crippen LogP contribution in [0.1, 0.15) is 28.4 Å². The van der Waals surface area contributed by atoms with Crippen LogP contribution in [-0.2, 0) is 0 Å². The molecule has 0 saturated heterocycles. The summed E-state index contributed by atoms with van der Waals surface area (Å²) < 4.78 is 13.1. The van der Waals surface area contributed by atoms with Gasteiger partial charge in [0, 0.05) is 0 Å². The molecule has 2 atom stereocenters. The van der Waals surface area contributed by atoms with E-state index in [1.807, 2.05) is 0 Å². The van der Waals surface area contributed by atoms with Crippen LogP contribution in [0.4, 0.5) is 4.39 Å². The Kier molecular flexibility index (Phi) is 4.56. The van der Waals surface area contributed by atoms with Gasteiger partial charge in [0.15, 0.2) is 0 Å². The molecule has 0 bridgehead atoms. The van der Waals surface area contributed by atoms with Crippen LogP contribution in [0.3, 0.4) is 0 Å². The van der Waals surface area contributed by atoms with Gasteiger partial charge in [-0.05, 0) is 30.7 Å². The summed E-state index contributed by atoms with van der Waals surface area (Å²) in [6, 6.07) is 3.17. The number of carbonyl (C=O) groups is 1. The largest absolute Gasteiger partial charge is 0.478 e. The molecule has 0 aliphatic rings. The van der Waals surface area contributed by atoms with Gasteiger partial charge in [-0.3, -0.25) is 0 Å². The molecule has 0 aliphatic heterocycles. The normalized spacial score (nSPS) is 14.4. The second-order valence-corrected chi connectivity index (χ2v) is 3.63. The van der Waals surface area contributed by atoms with Gasteiger partial charge < -0.3 is 21.1 Å². The smallest absolute Gasteiger partial charge is 0.338 e. The van der Waals surface area contributed by atoms with Crippen LogP contribution in [0, 0.1) is 5.82 Å². The predicted octanol–water partition coefficient (Wildman–Crippen LogP) is 0.267. The Morgan fingerprint density at radius 1 is 1.41 bits per heavy atom. The third-order valence-electron chi connectivity index (χ3n) is 2.39. The van der Waals surface area contributed by atoms with Crippen LogP contribution in [-0.4, -0.2) is 33.9 Å². The van der Waals surface area contributed by atoms with Crippen LogP contribution in [0.2, 0.25) is 0 Å². The van der Waals surface area contributed by atoms with Crippen molar-refractivity contribution in [1.29, 1.82) is 0 Å². The number of hydrogen-bond donors (Lipinski definition) is 4. The summed E-state index contributed by atoms with van der Waals surface area (Å²) >= 11 is 0. The molecule has 0 radical (unpaired) electrons. The lowest BCUT2D eigenvalue weighted by molar-refractivity contribution is 0.0149. The van der Waals surface area contributed by atoms with E-state index in [2.05, 4.69) is 0 Å². The van der Waals surface area contributed by atoms with Crippen LogP contribution < -0.4 is 5.73 Å². The molecular formula is C11H14FNO4. The molecular weight excluding hydrogens is 229 g/mol. The first-order valence-electron chi connectivity index (χ1n) is 5.06. The second kappa shape index (κ2) is 5.72. The zero-order valence-corrected chi connectivity index (χ0v) is 9.01. The lowest BCUT2D eigenvalue weighted by Gasteiger charge is -2.17. The number of nitrogens with two attached hydrogens (primary N) is 1. The number of carboxylic acid groups (broad SMARTS) is 1. The SMILES string of the molecule is NCCC(O)C(O)c1ccc(F)c(C(=O)O)c1. The average Bonchev–Trinajstić information content (AvgIpc) is 2.28. The van der Waals surface area contributed by atoms with Crippen molar-refractivity contribution >= 4 is 5.97 Å². The number of carboxylic acids is 1. The Morgan fingerprint density at radius 2 is 2.06 bits per heavy atom. The van der Waals surface area contributed by atoms with Gasteiger partial charge >= 0.3 is 5.97 Å². The van der Waals surface area contributed by atoms with E-state index in [1.54, 1.807) is 0 Å². The lowest BCUT2D eigenvalue weighted by Crippen LogP contribution is -2.22. The van der Waals surface area contributed by atoms with Crippen LogP contribution in [0.5, 0.6) is 0 Å². The van der Waals surface area contributed by atoms with Crippen molar-refractivity contribution in [1.82, 2.24) is 0 Å². The number of aromatic carboxylic acids is 1. The number of hydrogen-bond acceptors (Lipinski definition) is 4. The molecule has 17 heavy (non-hydrogen) atoms. The summed E-state index contributed by atoms with van der Waals surface area (Å²) in [5.74, 6) is -2.31. The van der Waals surface area contributed by atoms with Gasteiger partial charge in [-0.1, -0.05) is 6.07 Å². The minimum absolute atomic E-state index is 0.143. The molecule has 6 heteroatoms. The minimum atomic E-state index is -1.43. The molecule has 5 nitrogen and oxygen atoms in total. The molecule has 0 heterocycles. The molecule has 0 fully saturated rings. The van der Waals surface area contributed by atoms with Crippen LogP contribution in [0.25, 0.3) is 0 Å². The molecule has 0 aromatic heterocycles. The molecule has 0 spiro atoms. The fourth-order valence-corrected chi connectivity index (χ4v) is 1.44. The van der Waals surface area contributed by atoms with Crippen molar-refractivity contribution in [2.45, 2.75) is 18.6 Å². The first-order chi connectivity index (χ1) is 7.97. The Hall–Kier alpha value is -1.50. The van der Waals surface area contributed by atoms with Gasteiger partial charge in [-0.25, -0.2) is 9.18 Å². The van der Waals surface area contributed by atoms with Gasteiger partial charge in [0.1, 0.15) is 11.9 Å². The van der Waals surface area contributed by atoms with Crippen molar-refractivity contribution in [3.63, 3.8) is 0 Å². The predicted molar refractivity (Wildman–Crippen MR) is 58.0 cm³/mol. The van der Waals surface area contributed by atoms with Crippen molar-refractivity contribution in [3.05, 3.63) is 35.1 Å². The molecule has 0 amide bonds. The van der Waals surface area contributed by atoms with E-state index in [9.17, 15) is 19.4 Å². The van der Waals surface area contributed by atoms with Crippen LogP contribution >= 0.6 is 0 Å². The van der Waals surface area contributed by atoms with Crippen LogP contribution in [0.15, 0.2) is 18.2 Å². The second-order valence-electron chi connectivity index (χ2n) is 3.63. The molecule has 94 valence electrons. The highest BCUT2D eigenvalue weighted by atomic mass is 19.1. The quantitative estimate of drug-likeness (QED) is 0.594. The highest BCUT2D eigenvalue weighted by molar-refractivity contribution is 5.88. The zero-order chi connectivity index (χ0) is 13.0. The highest BCUT2D eigenvalue weighted by Gasteiger charge is 2.20. The van der Waals surface area contributed by atoms with E-state index in [-0.39, 0.29) is 18.5 Å². The van der Waals surface area contributed by atoms with Crippen molar-refractivity contribution in [2.75, 3.05) is 6.54 Å².